The van der Waals surface area contributed by atoms with Gasteiger partial charge in [0.25, 0.3) is 0 Å². The Labute approximate surface area is 112 Å². The third-order valence-electron chi connectivity index (χ3n) is 3.30. The summed E-state index contributed by atoms with van der Waals surface area (Å²) in [5.74, 6) is 0.966. The molecule has 3 heteroatoms. The lowest BCUT2D eigenvalue weighted by atomic mass is 10.1. The zero-order valence-electron chi connectivity index (χ0n) is 10.3. The molecule has 0 saturated carbocycles. The highest BCUT2D eigenvalue weighted by molar-refractivity contribution is 9.10. The number of hydrogen-bond donors (Lipinski definition) is 1. The van der Waals surface area contributed by atoms with Crippen molar-refractivity contribution >= 4 is 15.9 Å². The van der Waals surface area contributed by atoms with E-state index in [1.807, 2.05) is 24.3 Å². The fraction of sp³-hybridized carbons (Fsp3) is 0.571. The molecule has 2 rings (SSSR count). The van der Waals surface area contributed by atoms with Gasteiger partial charge in [-0.1, -0.05) is 22.0 Å². The molecule has 1 aliphatic heterocycles. The van der Waals surface area contributed by atoms with Gasteiger partial charge in [0, 0.05) is 10.9 Å². The Kier molecular flexibility index (Phi) is 5.33. The summed E-state index contributed by atoms with van der Waals surface area (Å²) in [6, 6.07) is 8.06. The second kappa shape index (κ2) is 7.02. The number of hydrogen-bond acceptors (Lipinski definition) is 1. The summed E-state index contributed by atoms with van der Waals surface area (Å²) in [5.41, 5.74) is 0. The fourth-order valence-electron chi connectivity index (χ4n) is 2.37. The van der Waals surface area contributed by atoms with Gasteiger partial charge in [-0.15, -0.1) is 0 Å². The van der Waals surface area contributed by atoms with Crippen LogP contribution in [0.4, 0.5) is 0 Å². The number of rotatable bonds is 5. The summed E-state index contributed by atoms with van der Waals surface area (Å²) in [4.78, 5) is 1.76. The van der Waals surface area contributed by atoms with Crippen LogP contribution in [0.5, 0.6) is 5.75 Å². The fourth-order valence-corrected chi connectivity index (χ4v) is 2.75. The highest BCUT2D eigenvalue weighted by atomic mass is 79.9. The predicted octanol–water partition coefficient (Wildman–Crippen LogP) is 2.29. The molecule has 0 radical (unpaired) electrons. The van der Waals surface area contributed by atoms with Crippen molar-refractivity contribution in [1.82, 2.24) is 0 Å². The molecule has 1 saturated heterocycles. The molecule has 0 spiro atoms. The van der Waals surface area contributed by atoms with Crippen molar-refractivity contribution in [3.63, 3.8) is 0 Å². The van der Waals surface area contributed by atoms with E-state index < -0.39 is 0 Å². The zero-order valence-corrected chi connectivity index (χ0v) is 11.8. The van der Waals surface area contributed by atoms with Crippen molar-refractivity contribution in [3.05, 3.63) is 28.7 Å². The Balaban J connectivity index is 1.62. The maximum Gasteiger partial charge on any atom is 0.120 e. The van der Waals surface area contributed by atoms with Gasteiger partial charge in [0.1, 0.15) is 5.75 Å². The first kappa shape index (κ1) is 12.9. The normalized spacial score (nSPS) is 17.0. The van der Waals surface area contributed by atoms with E-state index in [0.717, 1.165) is 23.2 Å². The number of nitrogens with one attached hydrogen (secondary N) is 1. The lowest BCUT2D eigenvalue weighted by Gasteiger charge is -2.23. The van der Waals surface area contributed by atoms with Crippen molar-refractivity contribution in [2.24, 2.45) is 0 Å². The van der Waals surface area contributed by atoms with E-state index in [4.69, 9.17) is 4.74 Å². The maximum atomic E-state index is 5.73. The van der Waals surface area contributed by atoms with Crippen LogP contribution in [0, 0.1) is 0 Å². The molecule has 1 aromatic rings. The Bertz CT molecular complexity index is 337. The molecule has 1 aliphatic rings. The molecular weight excluding hydrogens is 278 g/mol. The van der Waals surface area contributed by atoms with Crippen LogP contribution in [0.1, 0.15) is 25.7 Å². The van der Waals surface area contributed by atoms with Crippen molar-refractivity contribution in [3.8, 4) is 5.75 Å². The lowest BCUT2D eigenvalue weighted by Crippen LogP contribution is -3.12. The molecule has 1 N–H and O–H groups in total. The third kappa shape index (κ3) is 4.68. The van der Waals surface area contributed by atoms with Gasteiger partial charge in [-0.2, -0.15) is 0 Å². The molecule has 1 aromatic carbocycles. The van der Waals surface area contributed by atoms with Crippen molar-refractivity contribution < 1.29 is 9.64 Å². The molecule has 0 atom stereocenters. The Morgan fingerprint density at radius 2 is 2.00 bits per heavy atom. The molecule has 0 amide bonds. The zero-order chi connectivity index (χ0) is 11.9. The SMILES string of the molecule is Brc1cccc(OCCC[NH+]2CCCCC2)c1. The first-order valence-electron chi connectivity index (χ1n) is 6.56. The minimum Gasteiger partial charge on any atom is -0.493 e. The minimum atomic E-state index is 0.833. The van der Waals surface area contributed by atoms with Gasteiger partial charge >= 0.3 is 0 Å². The summed E-state index contributed by atoms with van der Waals surface area (Å²) in [6.45, 7) is 4.81. The number of piperidine rings is 1. The van der Waals surface area contributed by atoms with Crippen molar-refractivity contribution in [2.45, 2.75) is 25.7 Å². The largest absolute Gasteiger partial charge is 0.493 e. The molecular formula is C14H21BrNO+. The molecule has 1 fully saturated rings. The van der Waals surface area contributed by atoms with Gasteiger partial charge < -0.3 is 9.64 Å². The molecule has 0 aliphatic carbocycles. The van der Waals surface area contributed by atoms with Gasteiger partial charge in [-0.05, 0) is 37.5 Å². The standard InChI is InChI=1S/C14H20BrNO/c15-13-6-4-7-14(12-13)17-11-5-10-16-8-2-1-3-9-16/h4,6-7,12H,1-3,5,8-11H2/p+1. The monoisotopic (exact) mass is 298 g/mol. The average molecular weight is 299 g/mol. The number of likely N-dealkylation sites (tertiary alicyclic amines) is 1. The Morgan fingerprint density at radius 1 is 1.18 bits per heavy atom. The molecule has 0 bridgehead atoms. The van der Waals surface area contributed by atoms with E-state index in [2.05, 4.69) is 15.9 Å². The number of ether oxygens (including phenoxy) is 1. The Morgan fingerprint density at radius 3 is 2.76 bits per heavy atom. The molecule has 2 nitrogen and oxygen atoms in total. The van der Waals surface area contributed by atoms with E-state index in [1.165, 1.54) is 38.9 Å². The molecule has 0 aromatic heterocycles. The summed E-state index contributed by atoms with van der Waals surface area (Å²) in [5, 5.41) is 0. The van der Waals surface area contributed by atoms with Crippen molar-refractivity contribution in [2.75, 3.05) is 26.2 Å². The summed E-state index contributed by atoms with van der Waals surface area (Å²) < 4.78 is 6.81. The topological polar surface area (TPSA) is 13.7 Å². The van der Waals surface area contributed by atoms with Crippen LogP contribution in [-0.2, 0) is 0 Å². The Hall–Kier alpha value is -0.540. The highest BCUT2D eigenvalue weighted by Crippen LogP contribution is 2.17. The van der Waals surface area contributed by atoms with Crippen molar-refractivity contribution in [1.29, 1.82) is 0 Å². The molecule has 1 heterocycles. The van der Waals surface area contributed by atoms with Gasteiger partial charge in [-0.3, -0.25) is 0 Å². The van der Waals surface area contributed by atoms with Gasteiger partial charge in [0.05, 0.1) is 26.2 Å². The maximum absolute atomic E-state index is 5.73. The highest BCUT2D eigenvalue weighted by Gasteiger charge is 2.12. The van der Waals surface area contributed by atoms with E-state index in [-0.39, 0.29) is 0 Å². The van der Waals surface area contributed by atoms with E-state index in [1.54, 1.807) is 4.90 Å². The first-order valence-corrected chi connectivity index (χ1v) is 7.36. The summed E-state index contributed by atoms with van der Waals surface area (Å²) in [6.07, 6.45) is 5.39. The van der Waals surface area contributed by atoms with Gasteiger partial charge in [0.15, 0.2) is 0 Å². The van der Waals surface area contributed by atoms with Crippen LogP contribution < -0.4 is 9.64 Å². The van der Waals surface area contributed by atoms with Crippen LogP contribution in [0.3, 0.4) is 0 Å². The van der Waals surface area contributed by atoms with Gasteiger partial charge in [0.2, 0.25) is 0 Å². The second-order valence-corrected chi connectivity index (χ2v) is 5.64. The van der Waals surface area contributed by atoms with E-state index >= 15 is 0 Å². The minimum absolute atomic E-state index is 0.833. The predicted molar refractivity (Wildman–Crippen MR) is 73.7 cm³/mol. The van der Waals surface area contributed by atoms with E-state index in [0.29, 0.717) is 0 Å². The first-order chi connectivity index (χ1) is 8.34. The van der Waals surface area contributed by atoms with Crippen LogP contribution in [-0.4, -0.2) is 26.2 Å². The van der Waals surface area contributed by atoms with Crippen LogP contribution in [0.15, 0.2) is 28.7 Å². The lowest BCUT2D eigenvalue weighted by molar-refractivity contribution is -0.905. The van der Waals surface area contributed by atoms with Crippen LogP contribution in [0.25, 0.3) is 0 Å². The number of quaternary nitrogens is 1. The van der Waals surface area contributed by atoms with Crippen LogP contribution in [0.2, 0.25) is 0 Å². The average Bonchev–Trinajstić information content (AvgIpc) is 2.36. The molecule has 0 unspecified atom stereocenters. The van der Waals surface area contributed by atoms with E-state index in [9.17, 15) is 0 Å². The molecule has 94 valence electrons. The number of benzene rings is 1. The summed E-state index contributed by atoms with van der Waals surface area (Å²) >= 11 is 3.45. The van der Waals surface area contributed by atoms with Gasteiger partial charge in [-0.25, -0.2) is 0 Å². The molecule has 17 heavy (non-hydrogen) atoms. The third-order valence-corrected chi connectivity index (χ3v) is 3.79. The smallest absolute Gasteiger partial charge is 0.120 e. The van der Waals surface area contributed by atoms with Crippen LogP contribution >= 0.6 is 15.9 Å². The summed E-state index contributed by atoms with van der Waals surface area (Å²) in [7, 11) is 0. The second-order valence-electron chi connectivity index (χ2n) is 4.72. The quantitative estimate of drug-likeness (QED) is 0.824. The number of halogens is 1.